The lowest BCUT2D eigenvalue weighted by Crippen LogP contribution is -2.15. The average Bonchev–Trinajstić information content (AvgIpc) is 3.18. The van der Waals surface area contributed by atoms with Gasteiger partial charge in [0.2, 0.25) is 5.82 Å². The van der Waals surface area contributed by atoms with Crippen molar-refractivity contribution in [3.8, 4) is 17.1 Å². The van der Waals surface area contributed by atoms with Crippen LogP contribution in [0.1, 0.15) is 27.3 Å². The second-order valence-electron chi connectivity index (χ2n) is 7.24. The number of carbonyl (C=O) groups excluding carboxylic acids is 1. The normalized spacial score (nSPS) is 10.8. The summed E-state index contributed by atoms with van der Waals surface area (Å²) in [4.78, 5) is 17.5. The molecule has 0 fully saturated rings. The Hall–Kier alpha value is -3.44. The number of hydrogen-bond acceptors (Lipinski definition) is 3. The SMILES string of the molecule is Cc1ccc(-c2nc(C(=O)Nc3cccc(Cl)c3C)nn2-c2ccc(C)cc2)cc1. The lowest BCUT2D eigenvalue weighted by molar-refractivity contribution is 0.101. The van der Waals surface area contributed by atoms with E-state index in [4.69, 9.17) is 11.6 Å². The van der Waals surface area contributed by atoms with Gasteiger partial charge in [-0.15, -0.1) is 5.10 Å². The molecule has 4 aromatic rings. The summed E-state index contributed by atoms with van der Waals surface area (Å²) >= 11 is 6.17. The monoisotopic (exact) mass is 416 g/mol. The minimum Gasteiger partial charge on any atom is -0.319 e. The number of anilines is 1. The van der Waals surface area contributed by atoms with Crippen LogP contribution >= 0.6 is 11.6 Å². The Morgan fingerprint density at radius 3 is 2.20 bits per heavy atom. The van der Waals surface area contributed by atoms with Gasteiger partial charge in [-0.2, -0.15) is 0 Å². The van der Waals surface area contributed by atoms with Crippen molar-refractivity contribution >= 4 is 23.2 Å². The fourth-order valence-electron chi connectivity index (χ4n) is 3.08. The zero-order valence-electron chi connectivity index (χ0n) is 17.0. The molecule has 3 aromatic carbocycles. The smallest absolute Gasteiger partial charge is 0.295 e. The average molecular weight is 417 g/mol. The van der Waals surface area contributed by atoms with Crippen LogP contribution in [-0.2, 0) is 0 Å². The Morgan fingerprint density at radius 1 is 0.900 bits per heavy atom. The van der Waals surface area contributed by atoms with E-state index in [9.17, 15) is 4.79 Å². The number of carbonyl (C=O) groups is 1. The largest absolute Gasteiger partial charge is 0.319 e. The Kier molecular flexibility index (Phi) is 5.38. The van der Waals surface area contributed by atoms with Crippen LogP contribution in [0.15, 0.2) is 66.7 Å². The fraction of sp³-hybridized carbons (Fsp3) is 0.125. The quantitative estimate of drug-likeness (QED) is 0.459. The van der Waals surface area contributed by atoms with E-state index < -0.39 is 0 Å². The number of amides is 1. The molecule has 0 radical (unpaired) electrons. The summed E-state index contributed by atoms with van der Waals surface area (Å²) in [6, 6.07) is 21.3. The van der Waals surface area contributed by atoms with Crippen molar-refractivity contribution in [2.75, 3.05) is 5.32 Å². The predicted molar refractivity (Wildman–Crippen MR) is 120 cm³/mol. The first kappa shape index (κ1) is 19.9. The number of aromatic nitrogens is 3. The highest BCUT2D eigenvalue weighted by molar-refractivity contribution is 6.31. The maximum absolute atomic E-state index is 12.9. The van der Waals surface area contributed by atoms with Gasteiger partial charge in [0.25, 0.3) is 5.91 Å². The Labute approximate surface area is 180 Å². The van der Waals surface area contributed by atoms with Crippen LogP contribution in [0.4, 0.5) is 5.69 Å². The molecule has 0 atom stereocenters. The summed E-state index contributed by atoms with van der Waals surface area (Å²) in [6.07, 6.45) is 0. The maximum atomic E-state index is 12.9. The third kappa shape index (κ3) is 3.98. The first-order valence-electron chi connectivity index (χ1n) is 9.60. The van der Waals surface area contributed by atoms with Crippen LogP contribution in [0.5, 0.6) is 0 Å². The number of hydrogen-bond donors (Lipinski definition) is 1. The molecule has 0 aliphatic heterocycles. The van der Waals surface area contributed by atoms with Crippen LogP contribution in [-0.4, -0.2) is 20.7 Å². The molecule has 6 heteroatoms. The minimum atomic E-state index is -0.389. The van der Waals surface area contributed by atoms with E-state index in [1.165, 1.54) is 0 Å². The van der Waals surface area contributed by atoms with Gasteiger partial charge in [-0.05, 0) is 50.6 Å². The second-order valence-corrected chi connectivity index (χ2v) is 7.65. The number of rotatable bonds is 4. The number of benzene rings is 3. The molecule has 1 aromatic heterocycles. The minimum absolute atomic E-state index is 0.0884. The number of aryl methyl sites for hydroxylation is 2. The van der Waals surface area contributed by atoms with Gasteiger partial charge in [-0.3, -0.25) is 4.79 Å². The molecular weight excluding hydrogens is 396 g/mol. The van der Waals surface area contributed by atoms with Gasteiger partial charge in [0.05, 0.1) is 5.69 Å². The van der Waals surface area contributed by atoms with Crippen molar-refractivity contribution in [2.45, 2.75) is 20.8 Å². The van der Waals surface area contributed by atoms with E-state index in [2.05, 4.69) is 15.4 Å². The molecule has 150 valence electrons. The summed E-state index contributed by atoms with van der Waals surface area (Å²) in [5.74, 6) is 0.303. The molecule has 0 aliphatic carbocycles. The fourth-order valence-corrected chi connectivity index (χ4v) is 3.26. The molecule has 0 aliphatic rings. The van der Waals surface area contributed by atoms with Gasteiger partial charge in [-0.25, -0.2) is 9.67 Å². The molecule has 4 rings (SSSR count). The summed E-state index contributed by atoms with van der Waals surface area (Å²) in [7, 11) is 0. The maximum Gasteiger partial charge on any atom is 0.295 e. The first-order valence-corrected chi connectivity index (χ1v) is 9.98. The highest BCUT2D eigenvalue weighted by Crippen LogP contribution is 2.25. The van der Waals surface area contributed by atoms with E-state index in [0.717, 1.165) is 27.9 Å². The zero-order valence-corrected chi connectivity index (χ0v) is 17.7. The molecule has 30 heavy (non-hydrogen) atoms. The Balaban J connectivity index is 1.76. The summed E-state index contributed by atoms with van der Waals surface area (Å²) in [5, 5.41) is 7.97. The van der Waals surface area contributed by atoms with Gasteiger partial charge in [-0.1, -0.05) is 65.2 Å². The predicted octanol–water partition coefficient (Wildman–Crippen LogP) is 5.77. The molecule has 1 N–H and O–H groups in total. The van der Waals surface area contributed by atoms with Gasteiger partial charge >= 0.3 is 0 Å². The molecule has 1 amide bonds. The Morgan fingerprint density at radius 2 is 1.53 bits per heavy atom. The molecule has 0 saturated heterocycles. The molecule has 0 bridgehead atoms. The first-order chi connectivity index (χ1) is 14.4. The second kappa shape index (κ2) is 8.13. The van der Waals surface area contributed by atoms with Crippen molar-refractivity contribution in [1.82, 2.24) is 14.8 Å². The highest BCUT2D eigenvalue weighted by atomic mass is 35.5. The molecule has 0 unspecified atom stereocenters. The van der Waals surface area contributed by atoms with Gasteiger partial charge < -0.3 is 5.32 Å². The van der Waals surface area contributed by atoms with Crippen LogP contribution in [0.3, 0.4) is 0 Å². The third-order valence-electron chi connectivity index (χ3n) is 4.91. The summed E-state index contributed by atoms with van der Waals surface area (Å²) in [5.41, 5.74) is 5.44. The van der Waals surface area contributed by atoms with Crippen molar-refractivity contribution < 1.29 is 4.79 Å². The van der Waals surface area contributed by atoms with Crippen LogP contribution < -0.4 is 5.32 Å². The number of nitrogens with one attached hydrogen (secondary N) is 1. The lowest BCUT2D eigenvalue weighted by Gasteiger charge is -2.07. The van der Waals surface area contributed by atoms with E-state index >= 15 is 0 Å². The number of halogens is 1. The standard InChI is InChI=1S/C24H21ClN4O/c1-15-7-11-18(12-8-15)23-27-22(28-29(23)19-13-9-16(2)10-14-19)24(30)26-21-6-4-5-20(25)17(21)3/h4-14H,1-3H3,(H,26,30). The van der Waals surface area contributed by atoms with E-state index in [1.54, 1.807) is 22.9 Å². The van der Waals surface area contributed by atoms with E-state index in [1.807, 2.05) is 69.3 Å². The zero-order chi connectivity index (χ0) is 21.3. The molecule has 0 spiro atoms. The lowest BCUT2D eigenvalue weighted by atomic mass is 10.1. The summed E-state index contributed by atoms with van der Waals surface area (Å²) in [6.45, 7) is 5.91. The van der Waals surface area contributed by atoms with Crippen molar-refractivity contribution in [3.05, 3.63) is 94.3 Å². The molecule has 5 nitrogen and oxygen atoms in total. The van der Waals surface area contributed by atoms with Crippen molar-refractivity contribution in [3.63, 3.8) is 0 Å². The third-order valence-corrected chi connectivity index (χ3v) is 5.32. The van der Waals surface area contributed by atoms with E-state index in [-0.39, 0.29) is 11.7 Å². The van der Waals surface area contributed by atoms with Gasteiger partial charge in [0.1, 0.15) is 0 Å². The van der Waals surface area contributed by atoms with Crippen molar-refractivity contribution in [1.29, 1.82) is 0 Å². The number of nitrogens with zero attached hydrogens (tertiary/aromatic N) is 3. The van der Waals surface area contributed by atoms with Crippen LogP contribution in [0.2, 0.25) is 5.02 Å². The van der Waals surface area contributed by atoms with Crippen LogP contribution in [0.25, 0.3) is 17.1 Å². The van der Waals surface area contributed by atoms with Crippen LogP contribution in [0, 0.1) is 20.8 Å². The Bertz CT molecular complexity index is 1150. The molecule has 0 saturated carbocycles. The van der Waals surface area contributed by atoms with E-state index in [0.29, 0.717) is 16.5 Å². The van der Waals surface area contributed by atoms with Gasteiger partial charge in [0.15, 0.2) is 5.82 Å². The van der Waals surface area contributed by atoms with Gasteiger partial charge in [0, 0.05) is 16.3 Å². The highest BCUT2D eigenvalue weighted by Gasteiger charge is 2.19. The van der Waals surface area contributed by atoms with Crippen molar-refractivity contribution in [2.24, 2.45) is 0 Å². The summed E-state index contributed by atoms with van der Waals surface area (Å²) < 4.78 is 1.70. The molecular formula is C24H21ClN4O. The topological polar surface area (TPSA) is 59.8 Å². The molecule has 1 heterocycles.